The molecule has 4 heteroatoms. The molecule has 3 nitrogen and oxygen atoms in total. The molecule has 3 N–H and O–H groups in total. The summed E-state index contributed by atoms with van der Waals surface area (Å²) in [6.07, 6.45) is 0.701. The molecule has 1 aromatic carbocycles. The maximum atomic E-state index is 13.3. The van der Waals surface area contributed by atoms with E-state index >= 15 is 0 Å². The molecular formula is C14H18FN3. The Balaban J connectivity index is 2.45. The van der Waals surface area contributed by atoms with E-state index in [0.717, 1.165) is 0 Å². The van der Waals surface area contributed by atoms with Gasteiger partial charge in [0.1, 0.15) is 11.7 Å². The average molecular weight is 247 g/mol. The zero-order valence-electron chi connectivity index (χ0n) is 10.5. The highest BCUT2D eigenvalue weighted by Gasteiger charge is 2.03. The summed E-state index contributed by atoms with van der Waals surface area (Å²) >= 11 is 0. The molecule has 0 unspecified atom stereocenters. The second-order valence-electron chi connectivity index (χ2n) is 3.88. The van der Waals surface area contributed by atoms with Crippen LogP contribution in [0.15, 0.2) is 48.8 Å². The molecule has 0 heterocycles. The Kier molecular flexibility index (Phi) is 5.11. The molecule has 0 aliphatic carbocycles. The van der Waals surface area contributed by atoms with Crippen LogP contribution in [0.1, 0.15) is 18.9 Å². The fraction of sp³-hybridized carbons (Fsp3) is 0.214. The molecule has 0 saturated carbocycles. The van der Waals surface area contributed by atoms with E-state index in [9.17, 15) is 4.39 Å². The van der Waals surface area contributed by atoms with Crippen molar-refractivity contribution in [3.8, 4) is 0 Å². The number of hydrogen-bond donors (Lipinski definition) is 3. The van der Waals surface area contributed by atoms with Crippen LogP contribution >= 0.6 is 0 Å². The maximum absolute atomic E-state index is 13.3. The number of hydrogen-bond acceptors (Lipinski definition) is 2. The maximum Gasteiger partial charge on any atom is 0.128 e. The topological polar surface area (TPSA) is 47.9 Å². The van der Waals surface area contributed by atoms with Crippen LogP contribution in [0, 0.1) is 11.2 Å². The van der Waals surface area contributed by atoms with Crippen LogP contribution in [0.25, 0.3) is 0 Å². The molecule has 0 aromatic heterocycles. The van der Waals surface area contributed by atoms with Gasteiger partial charge in [-0.25, -0.2) is 4.39 Å². The zero-order chi connectivity index (χ0) is 13.5. The van der Waals surface area contributed by atoms with Crippen molar-refractivity contribution >= 4 is 5.84 Å². The number of amidine groups is 1. The van der Waals surface area contributed by atoms with Crippen molar-refractivity contribution in [1.82, 2.24) is 10.6 Å². The van der Waals surface area contributed by atoms with E-state index in [1.54, 1.807) is 18.2 Å². The second kappa shape index (κ2) is 6.59. The number of nitrogens with one attached hydrogen (secondary N) is 3. The van der Waals surface area contributed by atoms with Crippen molar-refractivity contribution < 1.29 is 4.39 Å². The lowest BCUT2D eigenvalue weighted by molar-refractivity contribution is 0.599. The van der Waals surface area contributed by atoms with Gasteiger partial charge in [-0.1, -0.05) is 38.3 Å². The van der Waals surface area contributed by atoms with Crippen molar-refractivity contribution in [2.75, 3.05) is 0 Å². The van der Waals surface area contributed by atoms with E-state index in [4.69, 9.17) is 5.41 Å². The quantitative estimate of drug-likeness (QED) is 0.534. The Bertz CT molecular complexity index is 466. The van der Waals surface area contributed by atoms with Crippen LogP contribution in [-0.4, -0.2) is 5.84 Å². The Morgan fingerprint density at radius 2 is 2.00 bits per heavy atom. The highest BCUT2D eigenvalue weighted by Crippen LogP contribution is 2.06. The lowest BCUT2D eigenvalue weighted by Crippen LogP contribution is -2.30. The summed E-state index contributed by atoms with van der Waals surface area (Å²) in [7, 11) is 0. The number of benzene rings is 1. The third-order valence-electron chi connectivity index (χ3n) is 2.51. The molecule has 0 bridgehead atoms. The van der Waals surface area contributed by atoms with Gasteiger partial charge in [-0.05, 0) is 18.1 Å². The summed E-state index contributed by atoms with van der Waals surface area (Å²) in [5, 5.41) is 13.4. The first kappa shape index (κ1) is 14.0. The highest BCUT2D eigenvalue weighted by atomic mass is 19.1. The monoisotopic (exact) mass is 247 g/mol. The van der Waals surface area contributed by atoms with E-state index in [2.05, 4.69) is 23.8 Å². The van der Waals surface area contributed by atoms with E-state index < -0.39 is 0 Å². The van der Waals surface area contributed by atoms with Gasteiger partial charge < -0.3 is 10.6 Å². The lowest BCUT2D eigenvalue weighted by Gasteiger charge is -2.14. The van der Waals surface area contributed by atoms with Crippen LogP contribution in [0.3, 0.4) is 0 Å². The molecule has 18 heavy (non-hydrogen) atoms. The second-order valence-corrected chi connectivity index (χ2v) is 3.88. The molecule has 0 fully saturated rings. The molecule has 0 spiro atoms. The standard InChI is InChI=1S/C14H18FN3/c1-4-10(2)14(16)18-11(3)17-9-12-7-5-6-8-13(12)15/h5-8,17H,2-4,9H2,1H3,(H2,16,18). The van der Waals surface area contributed by atoms with Gasteiger partial charge in [-0.2, -0.15) is 0 Å². The first-order valence-corrected chi connectivity index (χ1v) is 5.74. The summed E-state index contributed by atoms with van der Waals surface area (Å²) < 4.78 is 13.3. The van der Waals surface area contributed by atoms with Crippen LogP contribution < -0.4 is 10.6 Å². The first-order chi connectivity index (χ1) is 8.54. The van der Waals surface area contributed by atoms with Gasteiger partial charge in [0.05, 0.1) is 5.82 Å². The van der Waals surface area contributed by atoms with E-state index in [0.29, 0.717) is 29.9 Å². The van der Waals surface area contributed by atoms with Gasteiger partial charge in [0, 0.05) is 12.1 Å². The minimum absolute atomic E-state index is 0.225. The van der Waals surface area contributed by atoms with Crippen molar-refractivity contribution in [1.29, 1.82) is 5.41 Å². The molecule has 1 aromatic rings. The van der Waals surface area contributed by atoms with Gasteiger partial charge in [0.2, 0.25) is 0 Å². The summed E-state index contributed by atoms with van der Waals surface area (Å²) in [4.78, 5) is 0. The van der Waals surface area contributed by atoms with Gasteiger partial charge in [0.15, 0.2) is 0 Å². The Morgan fingerprint density at radius 1 is 1.33 bits per heavy atom. The smallest absolute Gasteiger partial charge is 0.128 e. The van der Waals surface area contributed by atoms with Gasteiger partial charge in [0.25, 0.3) is 0 Å². The fourth-order valence-corrected chi connectivity index (χ4v) is 1.30. The molecule has 0 radical (unpaired) electrons. The van der Waals surface area contributed by atoms with Gasteiger partial charge in [-0.15, -0.1) is 0 Å². The fourth-order valence-electron chi connectivity index (χ4n) is 1.30. The summed E-state index contributed by atoms with van der Waals surface area (Å²) in [5.41, 5.74) is 1.25. The predicted octanol–water partition coefficient (Wildman–Crippen LogP) is 2.92. The Hall–Kier alpha value is -2.10. The number of rotatable bonds is 6. The Labute approximate surface area is 107 Å². The molecule has 1 rings (SSSR count). The molecule has 0 aliphatic rings. The van der Waals surface area contributed by atoms with Crippen LogP contribution in [-0.2, 0) is 6.54 Å². The summed E-state index contributed by atoms with van der Waals surface area (Å²) in [6.45, 7) is 9.72. The van der Waals surface area contributed by atoms with Crippen molar-refractivity contribution in [3.63, 3.8) is 0 Å². The summed E-state index contributed by atoms with van der Waals surface area (Å²) in [5.74, 6) is 0.423. The van der Waals surface area contributed by atoms with E-state index in [1.165, 1.54) is 6.07 Å². The van der Waals surface area contributed by atoms with Crippen molar-refractivity contribution in [3.05, 3.63) is 60.2 Å². The minimum atomic E-state index is -0.258. The molecule has 96 valence electrons. The summed E-state index contributed by atoms with van der Waals surface area (Å²) in [6, 6.07) is 6.53. The van der Waals surface area contributed by atoms with E-state index in [-0.39, 0.29) is 11.7 Å². The van der Waals surface area contributed by atoms with E-state index in [1.807, 2.05) is 6.92 Å². The molecule has 0 saturated heterocycles. The number of halogens is 1. The molecule has 0 aliphatic heterocycles. The normalized spacial score (nSPS) is 9.67. The predicted molar refractivity (Wildman–Crippen MR) is 72.7 cm³/mol. The van der Waals surface area contributed by atoms with Crippen molar-refractivity contribution in [2.45, 2.75) is 19.9 Å². The van der Waals surface area contributed by atoms with Crippen molar-refractivity contribution in [2.24, 2.45) is 0 Å². The SMILES string of the molecule is C=C(NCc1ccccc1F)NC(=N)C(=C)CC. The lowest BCUT2D eigenvalue weighted by atomic mass is 10.2. The largest absolute Gasteiger partial charge is 0.368 e. The van der Waals surface area contributed by atoms with Gasteiger partial charge in [-0.3, -0.25) is 5.41 Å². The van der Waals surface area contributed by atoms with Crippen LogP contribution in [0.4, 0.5) is 4.39 Å². The third-order valence-corrected chi connectivity index (χ3v) is 2.51. The average Bonchev–Trinajstić information content (AvgIpc) is 2.36. The Morgan fingerprint density at radius 3 is 2.61 bits per heavy atom. The zero-order valence-corrected chi connectivity index (χ0v) is 10.5. The third kappa shape index (κ3) is 4.05. The molecular weight excluding hydrogens is 229 g/mol. The first-order valence-electron chi connectivity index (χ1n) is 5.74. The van der Waals surface area contributed by atoms with Crippen LogP contribution in [0.5, 0.6) is 0 Å². The van der Waals surface area contributed by atoms with Crippen LogP contribution in [0.2, 0.25) is 0 Å². The molecule has 0 atom stereocenters. The minimum Gasteiger partial charge on any atom is -0.368 e. The highest BCUT2D eigenvalue weighted by molar-refractivity contribution is 5.96. The van der Waals surface area contributed by atoms with Gasteiger partial charge >= 0.3 is 0 Å². The molecule has 0 amide bonds.